The van der Waals surface area contributed by atoms with Crippen molar-refractivity contribution >= 4 is 11.4 Å². The molecule has 1 N–H and O–H groups in total. The maximum atomic E-state index is 11.0. The highest BCUT2D eigenvalue weighted by Gasteiger charge is 2.32. The van der Waals surface area contributed by atoms with E-state index in [9.17, 15) is 10.1 Å². The highest BCUT2D eigenvalue weighted by atomic mass is 16.6. The molecule has 20 heavy (non-hydrogen) atoms. The number of hydrogen-bond acceptors (Lipinski definition) is 4. The van der Waals surface area contributed by atoms with Crippen LogP contribution in [-0.2, 0) is 6.54 Å². The molecule has 1 heterocycles. The predicted octanol–water partition coefficient (Wildman–Crippen LogP) is 3.40. The van der Waals surface area contributed by atoms with E-state index in [1.165, 1.54) is 12.8 Å². The van der Waals surface area contributed by atoms with E-state index in [0.29, 0.717) is 0 Å². The Labute approximate surface area is 120 Å². The Kier molecular flexibility index (Phi) is 4.28. The Morgan fingerprint density at radius 2 is 2.20 bits per heavy atom. The first-order chi connectivity index (χ1) is 9.44. The molecule has 0 atom stereocenters. The second kappa shape index (κ2) is 5.79. The van der Waals surface area contributed by atoms with Crippen molar-refractivity contribution in [2.75, 3.05) is 18.4 Å². The lowest BCUT2D eigenvalue weighted by molar-refractivity contribution is -0.384. The molecular formula is C15H23N3O2. The van der Waals surface area contributed by atoms with Gasteiger partial charge in [-0.15, -0.1) is 0 Å². The number of hydrogen-bond donors (Lipinski definition) is 1. The van der Waals surface area contributed by atoms with Gasteiger partial charge in [0.25, 0.3) is 5.69 Å². The van der Waals surface area contributed by atoms with E-state index in [1.54, 1.807) is 12.1 Å². The molecular weight excluding hydrogens is 254 g/mol. The SMILES string of the molecule is CCNc1ccc([N+](=O)[O-])cc1CN1CCCC1(C)C. The fourth-order valence-electron chi connectivity index (χ4n) is 2.85. The van der Waals surface area contributed by atoms with Crippen molar-refractivity contribution in [1.29, 1.82) is 0 Å². The predicted molar refractivity (Wildman–Crippen MR) is 81.0 cm³/mol. The molecule has 0 aromatic heterocycles. The summed E-state index contributed by atoms with van der Waals surface area (Å²) in [5, 5.41) is 14.3. The van der Waals surface area contributed by atoms with Crippen LogP contribution >= 0.6 is 0 Å². The highest BCUT2D eigenvalue weighted by Crippen LogP contribution is 2.32. The quantitative estimate of drug-likeness (QED) is 0.662. The van der Waals surface area contributed by atoms with Crippen LogP contribution < -0.4 is 5.32 Å². The highest BCUT2D eigenvalue weighted by molar-refractivity contribution is 5.56. The summed E-state index contributed by atoms with van der Waals surface area (Å²) in [6.45, 7) is 9.14. The molecule has 1 aromatic rings. The van der Waals surface area contributed by atoms with Crippen molar-refractivity contribution in [1.82, 2.24) is 4.90 Å². The number of anilines is 1. The van der Waals surface area contributed by atoms with Gasteiger partial charge in [-0.2, -0.15) is 0 Å². The number of nitro groups is 1. The van der Waals surface area contributed by atoms with Crippen LogP contribution in [0.5, 0.6) is 0 Å². The molecule has 1 saturated heterocycles. The van der Waals surface area contributed by atoms with Crippen LogP contribution in [0.25, 0.3) is 0 Å². The topological polar surface area (TPSA) is 58.4 Å². The zero-order valence-electron chi connectivity index (χ0n) is 12.5. The van der Waals surface area contributed by atoms with Crippen molar-refractivity contribution < 1.29 is 4.92 Å². The number of nitrogens with one attached hydrogen (secondary N) is 1. The van der Waals surface area contributed by atoms with Crippen molar-refractivity contribution in [3.05, 3.63) is 33.9 Å². The number of rotatable bonds is 5. The van der Waals surface area contributed by atoms with E-state index in [2.05, 4.69) is 24.1 Å². The summed E-state index contributed by atoms with van der Waals surface area (Å²) < 4.78 is 0. The first-order valence-corrected chi connectivity index (χ1v) is 7.20. The molecule has 110 valence electrons. The molecule has 0 aliphatic carbocycles. The maximum Gasteiger partial charge on any atom is 0.269 e. The Morgan fingerprint density at radius 1 is 1.45 bits per heavy atom. The summed E-state index contributed by atoms with van der Waals surface area (Å²) >= 11 is 0. The third-order valence-corrected chi connectivity index (χ3v) is 4.10. The lowest BCUT2D eigenvalue weighted by Crippen LogP contribution is -2.37. The smallest absolute Gasteiger partial charge is 0.269 e. The molecule has 2 rings (SSSR count). The summed E-state index contributed by atoms with van der Waals surface area (Å²) in [4.78, 5) is 13.0. The fraction of sp³-hybridized carbons (Fsp3) is 0.600. The first kappa shape index (κ1) is 14.8. The van der Waals surface area contributed by atoms with Gasteiger partial charge in [0.1, 0.15) is 0 Å². The second-order valence-corrected chi connectivity index (χ2v) is 5.97. The Bertz CT molecular complexity index is 500. The van der Waals surface area contributed by atoms with Gasteiger partial charge >= 0.3 is 0 Å². The van der Waals surface area contributed by atoms with Crippen molar-refractivity contribution in [3.63, 3.8) is 0 Å². The third-order valence-electron chi connectivity index (χ3n) is 4.10. The van der Waals surface area contributed by atoms with Gasteiger partial charge in [-0.3, -0.25) is 15.0 Å². The van der Waals surface area contributed by atoms with Gasteiger partial charge in [0.2, 0.25) is 0 Å². The van der Waals surface area contributed by atoms with E-state index < -0.39 is 0 Å². The van der Waals surface area contributed by atoms with Gasteiger partial charge in [-0.1, -0.05) is 0 Å². The average molecular weight is 277 g/mol. The normalized spacial score (nSPS) is 18.1. The minimum atomic E-state index is -0.325. The molecule has 0 radical (unpaired) electrons. The standard InChI is InChI=1S/C15H23N3O2/c1-4-16-14-7-6-13(18(19)20)10-12(14)11-17-9-5-8-15(17,2)3/h6-7,10,16H,4-5,8-9,11H2,1-3H3. The molecule has 1 aromatic carbocycles. The number of non-ortho nitro benzene ring substituents is 1. The molecule has 1 aliphatic heterocycles. The summed E-state index contributed by atoms with van der Waals surface area (Å²) in [5.74, 6) is 0. The van der Waals surface area contributed by atoms with Crippen molar-refractivity contribution in [2.45, 2.75) is 45.7 Å². The van der Waals surface area contributed by atoms with Gasteiger partial charge in [0, 0.05) is 36.4 Å². The lowest BCUT2D eigenvalue weighted by Gasteiger charge is -2.32. The largest absolute Gasteiger partial charge is 0.385 e. The van der Waals surface area contributed by atoms with E-state index in [-0.39, 0.29) is 16.1 Å². The fourth-order valence-corrected chi connectivity index (χ4v) is 2.85. The lowest BCUT2D eigenvalue weighted by atomic mass is 10.0. The summed E-state index contributed by atoms with van der Waals surface area (Å²) in [5.41, 5.74) is 2.35. The van der Waals surface area contributed by atoms with Crippen molar-refractivity contribution in [2.24, 2.45) is 0 Å². The maximum absolute atomic E-state index is 11.0. The van der Waals surface area contributed by atoms with Gasteiger partial charge in [0.15, 0.2) is 0 Å². The van der Waals surface area contributed by atoms with Gasteiger partial charge < -0.3 is 5.32 Å². The molecule has 0 bridgehead atoms. The third kappa shape index (κ3) is 3.10. The Balaban J connectivity index is 2.27. The van der Waals surface area contributed by atoms with Crippen LogP contribution in [0.1, 0.15) is 39.2 Å². The molecule has 0 amide bonds. The Hall–Kier alpha value is -1.62. The van der Waals surface area contributed by atoms with E-state index in [0.717, 1.165) is 30.9 Å². The second-order valence-electron chi connectivity index (χ2n) is 5.97. The van der Waals surface area contributed by atoms with E-state index >= 15 is 0 Å². The van der Waals surface area contributed by atoms with Gasteiger partial charge in [-0.05, 0) is 51.8 Å². The summed E-state index contributed by atoms with van der Waals surface area (Å²) in [6.07, 6.45) is 2.37. The van der Waals surface area contributed by atoms with Crippen LogP contribution in [0.4, 0.5) is 11.4 Å². The summed E-state index contributed by atoms with van der Waals surface area (Å²) in [7, 11) is 0. The van der Waals surface area contributed by atoms with Gasteiger partial charge in [0.05, 0.1) is 4.92 Å². The zero-order chi connectivity index (χ0) is 14.8. The number of nitro benzene ring substituents is 1. The van der Waals surface area contributed by atoms with Crippen LogP contribution in [0, 0.1) is 10.1 Å². The number of benzene rings is 1. The molecule has 5 nitrogen and oxygen atoms in total. The van der Waals surface area contributed by atoms with Crippen LogP contribution in [0.15, 0.2) is 18.2 Å². The van der Waals surface area contributed by atoms with E-state index in [4.69, 9.17) is 0 Å². The number of nitrogens with zero attached hydrogens (tertiary/aromatic N) is 2. The monoisotopic (exact) mass is 277 g/mol. The molecule has 0 saturated carbocycles. The zero-order valence-corrected chi connectivity index (χ0v) is 12.5. The minimum absolute atomic E-state index is 0.165. The van der Waals surface area contributed by atoms with E-state index in [1.807, 2.05) is 13.0 Å². The van der Waals surface area contributed by atoms with Crippen LogP contribution in [0.2, 0.25) is 0 Å². The van der Waals surface area contributed by atoms with Crippen LogP contribution in [-0.4, -0.2) is 28.5 Å². The molecule has 1 aliphatic rings. The molecule has 0 spiro atoms. The average Bonchev–Trinajstić information content (AvgIpc) is 2.71. The molecule has 5 heteroatoms. The Morgan fingerprint density at radius 3 is 2.75 bits per heavy atom. The van der Waals surface area contributed by atoms with Crippen LogP contribution in [0.3, 0.4) is 0 Å². The first-order valence-electron chi connectivity index (χ1n) is 7.20. The number of likely N-dealkylation sites (tertiary alicyclic amines) is 1. The van der Waals surface area contributed by atoms with Gasteiger partial charge in [-0.25, -0.2) is 0 Å². The van der Waals surface area contributed by atoms with Crippen molar-refractivity contribution in [3.8, 4) is 0 Å². The summed E-state index contributed by atoms with van der Waals surface area (Å²) in [6, 6.07) is 5.09. The molecule has 0 unspecified atom stereocenters. The molecule has 1 fully saturated rings. The minimum Gasteiger partial charge on any atom is -0.385 e.